The van der Waals surface area contributed by atoms with Crippen molar-refractivity contribution in [3.63, 3.8) is 0 Å². The third kappa shape index (κ3) is 4.33. The second kappa shape index (κ2) is 8.74. The Labute approximate surface area is 219 Å². The van der Waals surface area contributed by atoms with E-state index in [1.54, 1.807) is 6.92 Å². The molecule has 3 heterocycles. The number of benzene rings is 1. The molecule has 8 nitrogen and oxygen atoms in total. The number of halogens is 1. The molecule has 1 aromatic heterocycles. The maximum absolute atomic E-state index is 13.5. The number of likely N-dealkylation sites (tertiary alicyclic amines) is 1. The van der Waals surface area contributed by atoms with Gasteiger partial charge in [0.25, 0.3) is 0 Å². The van der Waals surface area contributed by atoms with Crippen molar-refractivity contribution in [2.24, 2.45) is 5.92 Å². The molecule has 196 valence electrons. The molecule has 3 aliphatic rings. The summed E-state index contributed by atoms with van der Waals surface area (Å²) in [6, 6.07) is 5.71. The van der Waals surface area contributed by atoms with Gasteiger partial charge < -0.3 is 24.0 Å². The van der Waals surface area contributed by atoms with E-state index in [-0.39, 0.29) is 23.2 Å². The van der Waals surface area contributed by atoms with Crippen molar-refractivity contribution < 1.29 is 13.6 Å². The monoisotopic (exact) mass is 531 g/mol. The van der Waals surface area contributed by atoms with Gasteiger partial charge in [-0.2, -0.15) is 0 Å². The lowest BCUT2D eigenvalue weighted by Gasteiger charge is -2.61. The average molecular weight is 532 g/mol. The van der Waals surface area contributed by atoms with Crippen LogP contribution in [0.1, 0.15) is 58.7 Å². The van der Waals surface area contributed by atoms with Crippen LogP contribution in [0.4, 0.5) is 16.2 Å². The molecule has 36 heavy (non-hydrogen) atoms. The summed E-state index contributed by atoms with van der Waals surface area (Å²) < 4.78 is 12.4. The van der Waals surface area contributed by atoms with E-state index in [0.29, 0.717) is 22.7 Å². The number of aryl methyl sites for hydroxylation is 1. The molecule has 1 N–H and O–H groups in total. The quantitative estimate of drug-likeness (QED) is 0.464. The predicted molar refractivity (Wildman–Crippen MR) is 144 cm³/mol. The molecule has 1 aliphatic carbocycles. The Hall–Kier alpha value is -2.10. The second-order valence-corrected chi connectivity index (χ2v) is 17.6. The fourth-order valence-electron chi connectivity index (χ4n) is 5.75. The van der Waals surface area contributed by atoms with Crippen molar-refractivity contribution in [2.75, 3.05) is 23.3 Å². The third-order valence-electron chi connectivity index (χ3n) is 8.56. The van der Waals surface area contributed by atoms with Gasteiger partial charge in [0.1, 0.15) is 5.54 Å². The molecule has 3 atom stereocenters. The van der Waals surface area contributed by atoms with E-state index in [4.69, 9.17) is 20.4 Å². The lowest BCUT2D eigenvalue weighted by atomic mass is 9.64. The van der Waals surface area contributed by atoms with Crippen molar-refractivity contribution in [3.05, 3.63) is 35.0 Å². The Morgan fingerprint density at radius 3 is 2.61 bits per heavy atom. The van der Waals surface area contributed by atoms with Gasteiger partial charge in [-0.05, 0) is 55.1 Å². The summed E-state index contributed by atoms with van der Waals surface area (Å²) in [7, 11) is -1.81. The Morgan fingerprint density at radius 2 is 1.97 bits per heavy atom. The molecule has 3 fully saturated rings. The van der Waals surface area contributed by atoms with Crippen molar-refractivity contribution in [2.45, 2.75) is 89.7 Å². The number of carbonyl (C=O) groups is 1. The molecule has 1 aromatic carbocycles. The molecule has 10 heteroatoms. The fourth-order valence-corrected chi connectivity index (χ4v) is 7.33. The standard InChI is InChI=1S/C26H38ClN5O3Si/c1-16-10-19-13-26(12-16,23-30-29-17(2)34-23)32(19)24(33)28-18-8-9-21(27)22(11-18)31-14-20(15-31)35-36(6,7)25(3,4)5/h8-9,11,16,19-20H,10,12-15H2,1-7H3,(H,28,33). The van der Waals surface area contributed by atoms with E-state index < -0.39 is 13.9 Å². The van der Waals surface area contributed by atoms with Crippen molar-refractivity contribution in [1.29, 1.82) is 0 Å². The minimum absolute atomic E-state index is 0.134. The lowest BCUT2D eigenvalue weighted by Crippen LogP contribution is -2.70. The van der Waals surface area contributed by atoms with Crippen LogP contribution in [0.2, 0.25) is 23.2 Å². The average Bonchev–Trinajstić information content (AvgIpc) is 3.17. The molecular formula is C26H38ClN5O3Si. The van der Waals surface area contributed by atoms with E-state index in [9.17, 15) is 4.79 Å². The van der Waals surface area contributed by atoms with Crippen LogP contribution in [0, 0.1) is 12.8 Å². The third-order valence-corrected chi connectivity index (χ3v) is 13.4. The van der Waals surface area contributed by atoms with Crippen LogP contribution < -0.4 is 10.2 Å². The molecule has 3 unspecified atom stereocenters. The van der Waals surface area contributed by atoms with Gasteiger partial charge in [0.05, 0.1) is 16.8 Å². The van der Waals surface area contributed by atoms with Gasteiger partial charge in [-0.3, -0.25) is 0 Å². The zero-order chi connectivity index (χ0) is 26.0. The zero-order valence-electron chi connectivity index (χ0n) is 22.4. The summed E-state index contributed by atoms with van der Waals surface area (Å²) >= 11 is 6.57. The van der Waals surface area contributed by atoms with E-state index in [1.165, 1.54) is 0 Å². The number of nitrogens with one attached hydrogen (secondary N) is 1. The van der Waals surface area contributed by atoms with Crippen molar-refractivity contribution in [1.82, 2.24) is 15.1 Å². The normalized spacial score (nSPS) is 26.4. The first-order chi connectivity index (χ1) is 16.8. The van der Waals surface area contributed by atoms with Gasteiger partial charge in [0, 0.05) is 38.2 Å². The predicted octanol–water partition coefficient (Wildman–Crippen LogP) is 6.17. The highest BCUT2D eigenvalue weighted by atomic mass is 35.5. The number of fused-ring (bicyclic) bond motifs is 2. The molecule has 1 saturated carbocycles. The molecule has 2 bridgehead atoms. The first-order valence-corrected chi connectivity index (χ1v) is 16.2. The van der Waals surface area contributed by atoms with Crippen LogP contribution in [-0.2, 0) is 9.96 Å². The second-order valence-electron chi connectivity index (χ2n) is 12.4. The minimum atomic E-state index is -1.81. The smallest absolute Gasteiger partial charge is 0.323 e. The van der Waals surface area contributed by atoms with Crippen LogP contribution in [0.25, 0.3) is 0 Å². The summed E-state index contributed by atoms with van der Waals surface area (Å²) in [5.74, 6) is 1.56. The minimum Gasteiger partial charge on any atom is -0.423 e. The van der Waals surface area contributed by atoms with Crippen LogP contribution in [0.5, 0.6) is 0 Å². The van der Waals surface area contributed by atoms with Gasteiger partial charge in [0.15, 0.2) is 8.32 Å². The molecular weight excluding hydrogens is 494 g/mol. The van der Waals surface area contributed by atoms with Gasteiger partial charge in [0.2, 0.25) is 11.8 Å². The molecule has 2 aliphatic heterocycles. The Morgan fingerprint density at radius 1 is 1.25 bits per heavy atom. The molecule has 0 spiro atoms. The van der Waals surface area contributed by atoms with Crippen molar-refractivity contribution in [3.8, 4) is 0 Å². The Balaban J connectivity index is 1.28. The van der Waals surface area contributed by atoms with Crippen molar-refractivity contribution >= 4 is 37.3 Å². The number of hydrogen-bond acceptors (Lipinski definition) is 6. The van der Waals surface area contributed by atoms with E-state index >= 15 is 0 Å². The maximum atomic E-state index is 13.5. The Bertz CT molecular complexity index is 1160. The molecule has 2 amide bonds. The van der Waals surface area contributed by atoms with E-state index in [1.807, 2.05) is 23.1 Å². The number of piperidine rings is 1. The largest absolute Gasteiger partial charge is 0.423 e. The number of rotatable bonds is 5. The number of carbonyl (C=O) groups excluding carboxylic acids is 1. The molecule has 2 saturated heterocycles. The summed E-state index contributed by atoms with van der Waals surface area (Å²) in [6.45, 7) is 17.0. The van der Waals surface area contributed by atoms with Gasteiger partial charge in [-0.25, -0.2) is 4.79 Å². The number of amides is 2. The summed E-state index contributed by atoms with van der Waals surface area (Å²) in [5.41, 5.74) is 1.13. The fraction of sp³-hybridized carbons (Fsp3) is 0.654. The summed E-state index contributed by atoms with van der Waals surface area (Å²) in [6.07, 6.45) is 2.88. The number of aromatic nitrogens is 2. The van der Waals surface area contributed by atoms with Gasteiger partial charge >= 0.3 is 6.03 Å². The molecule has 0 radical (unpaired) electrons. The first-order valence-electron chi connectivity index (χ1n) is 12.9. The number of nitrogens with zero attached hydrogens (tertiary/aromatic N) is 4. The Kier molecular flexibility index (Phi) is 6.20. The highest BCUT2D eigenvalue weighted by Crippen LogP contribution is 2.55. The number of anilines is 2. The molecule has 5 rings (SSSR count). The highest BCUT2D eigenvalue weighted by Gasteiger charge is 2.62. The zero-order valence-corrected chi connectivity index (χ0v) is 24.1. The first kappa shape index (κ1) is 25.5. The maximum Gasteiger partial charge on any atom is 0.323 e. The van der Waals surface area contributed by atoms with Crippen LogP contribution in [0.15, 0.2) is 22.6 Å². The highest BCUT2D eigenvalue weighted by molar-refractivity contribution is 6.74. The van der Waals surface area contributed by atoms with Crippen LogP contribution >= 0.6 is 11.6 Å². The van der Waals surface area contributed by atoms with E-state index in [0.717, 1.165) is 43.7 Å². The number of hydrogen-bond donors (Lipinski definition) is 1. The van der Waals surface area contributed by atoms with Crippen LogP contribution in [0.3, 0.4) is 0 Å². The summed E-state index contributed by atoms with van der Waals surface area (Å²) in [4.78, 5) is 17.7. The van der Waals surface area contributed by atoms with E-state index in [2.05, 4.69) is 61.2 Å². The lowest BCUT2D eigenvalue weighted by molar-refractivity contribution is -0.110. The van der Waals surface area contributed by atoms with Gasteiger partial charge in [-0.15, -0.1) is 10.2 Å². The SMILES string of the molecule is Cc1nnc(C23CC(C)CC(C2)N3C(=O)Nc2ccc(Cl)c(N3CC(O[Si](C)(C)C(C)(C)C)C3)c2)o1. The number of urea groups is 1. The topological polar surface area (TPSA) is 83.7 Å². The summed E-state index contributed by atoms with van der Waals surface area (Å²) in [5, 5.41) is 12.3. The van der Waals surface area contributed by atoms with Crippen LogP contribution in [-0.4, -0.2) is 54.7 Å². The molecule has 2 aromatic rings. The van der Waals surface area contributed by atoms with Gasteiger partial charge in [-0.1, -0.05) is 39.3 Å².